The van der Waals surface area contributed by atoms with Crippen LogP contribution < -0.4 is 0 Å². The number of carbonyl (C=O) groups is 2. The number of esters is 1. The van der Waals surface area contributed by atoms with E-state index in [0.717, 1.165) is 48.6 Å². The molecule has 3 rings (SSSR count). The second kappa shape index (κ2) is 8.95. The number of hydrogen-bond donors (Lipinski definition) is 1. The average Bonchev–Trinajstić information content (AvgIpc) is 3.31. The molecule has 0 amide bonds. The summed E-state index contributed by atoms with van der Waals surface area (Å²) < 4.78 is 11.4. The predicted molar refractivity (Wildman–Crippen MR) is 118 cm³/mol. The SMILES string of the molecule is CC(C)(C)CC1CC(c2onc(C(CCC(=O)O)CC(=O)OC(C)(C)C)c2C2CC2)C1. The predicted octanol–water partition coefficient (Wildman–Crippen LogP) is 6.16. The standard InChI is InChI=1S/C25H39NO5/c1-24(2,3)14-15-11-18(12-15)23-21(16-7-8-16)22(26-31-23)17(9-10-19(27)28)13-20(29)30-25(4,5)6/h15-18H,7-14H2,1-6H3,(H,27,28). The number of aliphatic carboxylic acids is 1. The van der Waals surface area contributed by atoms with Crippen molar-refractivity contribution in [2.24, 2.45) is 11.3 Å². The van der Waals surface area contributed by atoms with Crippen molar-refractivity contribution in [3.63, 3.8) is 0 Å². The van der Waals surface area contributed by atoms with E-state index in [1.54, 1.807) is 0 Å². The smallest absolute Gasteiger partial charge is 0.306 e. The maximum absolute atomic E-state index is 12.5. The number of carbonyl (C=O) groups excluding carboxylic acids is 1. The van der Waals surface area contributed by atoms with Gasteiger partial charge >= 0.3 is 11.9 Å². The fourth-order valence-corrected chi connectivity index (χ4v) is 4.89. The third-order valence-corrected chi connectivity index (χ3v) is 6.20. The number of nitrogens with zero attached hydrogens (tertiary/aromatic N) is 1. The molecule has 6 nitrogen and oxygen atoms in total. The van der Waals surface area contributed by atoms with E-state index in [9.17, 15) is 14.7 Å². The normalized spacial score (nSPS) is 22.6. The molecule has 0 bridgehead atoms. The fourth-order valence-electron chi connectivity index (χ4n) is 4.89. The molecule has 2 aliphatic rings. The second-order valence-corrected chi connectivity index (χ2v) is 11.8. The Kier molecular flexibility index (Phi) is 6.87. The molecular formula is C25H39NO5. The van der Waals surface area contributed by atoms with E-state index in [0.29, 0.717) is 23.7 Å². The van der Waals surface area contributed by atoms with Crippen LogP contribution in [0.15, 0.2) is 4.52 Å². The quantitative estimate of drug-likeness (QED) is 0.469. The van der Waals surface area contributed by atoms with E-state index in [1.807, 2.05) is 20.8 Å². The lowest BCUT2D eigenvalue weighted by Gasteiger charge is -2.38. The van der Waals surface area contributed by atoms with Gasteiger partial charge in [-0.15, -0.1) is 0 Å². The lowest BCUT2D eigenvalue weighted by molar-refractivity contribution is -0.155. The van der Waals surface area contributed by atoms with Crippen molar-refractivity contribution in [1.29, 1.82) is 0 Å². The molecule has 1 N–H and O–H groups in total. The Morgan fingerprint density at radius 3 is 2.29 bits per heavy atom. The maximum Gasteiger partial charge on any atom is 0.306 e. The number of carboxylic acids is 1. The van der Waals surface area contributed by atoms with Gasteiger partial charge < -0.3 is 14.4 Å². The first kappa shape index (κ1) is 23.8. The number of hydrogen-bond acceptors (Lipinski definition) is 5. The van der Waals surface area contributed by atoms with Crippen molar-refractivity contribution < 1.29 is 24.0 Å². The Balaban J connectivity index is 1.78. The summed E-state index contributed by atoms with van der Waals surface area (Å²) in [5.41, 5.74) is 1.72. The van der Waals surface area contributed by atoms with Crippen molar-refractivity contribution in [2.45, 2.75) is 116 Å². The zero-order chi connectivity index (χ0) is 23.0. The van der Waals surface area contributed by atoms with Gasteiger partial charge in [-0.05, 0) is 76.5 Å². The first-order valence-corrected chi connectivity index (χ1v) is 11.8. The molecule has 0 spiro atoms. The van der Waals surface area contributed by atoms with Crippen LogP contribution in [0, 0.1) is 11.3 Å². The van der Waals surface area contributed by atoms with Crippen molar-refractivity contribution in [2.75, 3.05) is 0 Å². The summed E-state index contributed by atoms with van der Waals surface area (Å²) in [5.74, 6) is 1.07. The van der Waals surface area contributed by atoms with Crippen LogP contribution >= 0.6 is 0 Å². The molecule has 1 heterocycles. The number of rotatable bonds is 9. The van der Waals surface area contributed by atoms with E-state index in [1.165, 1.54) is 6.42 Å². The molecule has 1 aromatic heterocycles. The molecule has 174 valence electrons. The minimum atomic E-state index is -0.866. The number of ether oxygens (including phenoxy) is 1. The first-order chi connectivity index (χ1) is 14.3. The highest BCUT2D eigenvalue weighted by Gasteiger charge is 2.42. The van der Waals surface area contributed by atoms with Crippen molar-refractivity contribution in [3.8, 4) is 0 Å². The second-order valence-electron chi connectivity index (χ2n) is 11.8. The highest BCUT2D eigenvalue weighted by atomic mass is 16.6. The zero-order valence-corrected chi connectivity index (χ0v) is 20.0. The first-order valence-electron chi connectivity index (χ1n) is 11.8. The maximum atomic E-state index is 12.5. The lowest BCUT2D eigenvalue weighted by atomic mass is 9.66. The molecule has 0 aromatic carbocycles. The molecule has 2 fully saturated rings. The molecular weight excluding hydrogens is 394 g/mol. The van der Waals surface area contributed by atoms with Crippen molar-refractivity contribution >= 4 is 11.9 Å². The fraction of sp³-hybridized carbons (Fsp3) is 0.800. The summed E-state index contributed by atoms with van der Waals surface area (Å²) in [7, 11) is 0. The Labute approximate surface area is 186 Å². The number of carboxylic acid groups (broad SMARTS) is 1. The molecule has 0 aliphatic heterocycles. The summed E-state index contributed by atoms with van der Waals surface area (Å²) in [6.45, 7) is 12.4. The zero-order valence-electron chi connectivity index (χ0n) is 20.0. The van der Waals surface area contributed by atoms with Crippen LogP contribution in [0.1, 0.15) is 128 Å². The Bertz CT molecular complexity index is 788. The highest BCUT2D eigenvalue weighted by molar-refractivity contribution is 5.71. The monoisotopic (exact) mass is 433 g/mol. The largest absolute Gasteiger partial charge is 0.481 e. The summed E-state index contributed by atoms with van der Waals surface area (Å²) in [5, 5.41) is 13.7. The van der Waals surface area contributed by atoms with E-state index in [-0.39, 0.29) is 24.7 Å². The molecule has 31 heavy (non-hydrogen) atoms. The van der Waals surface area contributed by atoms with Gasteiger partial charge in [0.2, 0.25) is 0 Å². The van der Waals surface area contributed by atoms with Gasteiger partial charge in [-0.3, -0.25) is 9.59 Å². The Morgan fingerprint density at radius 1 is 1.13 bits per heavy atom. The Morgan fingerprint density at radius 2 is 1.77 bits per heavy atom. The average molecular weight is 434 g/mol. The van der Waals surface area contributed by atoms with Crippen LogP contribution in [0.4, 0.5) is 0 Å². The van der Waals surface area contributed by atoms with Crippen LogP contribution in [0.25, 0.3) is 0 Å². The van der Waals surface area contributed by atoms with Crippen molar-refractivity contribution in [3.05, 3.63) is 17.0 Å². The highest BCUT2D eigenvalue weighted by Crippen LogP contribution is 2.53. The topological polar surface area (TPSA) is 89.6 Å². The van der Waals surface area contributed by atoms with Gasteiger partial charge in [0, 0.05) is 23.8 Å². The van der Waals surface area contributed by atoms with Gasteiger partial charge in [0.05, 0.1) is 12.1 Å². The summed E-state index contributed by atoms with van der Waals surface area (Å²) in [6.07, 6.45) is 6.16. The van der Waals surface area contributed by atoms with Crippen LogP contribution in [0.5, 0.6) is 0 Å². The molecule has 0 saturated heterocycles. The van der Waals surface area contributed by atoms with Crippen LogP contribution in [-0.2, 0) is 14.3 Å². The Hall–Kier alpha value is -1.85. The van der Waals surface area contributed by atoms with E-state index in [2.05, 4.69) is 25.9 Å². The third-order valence-electron chi connectivity index (χ3n) is 6.20. The van der Waals surface area contributed by atoms with Crippen LogP contribution in [0.3, 0.4) is 0 Å². The molecule has 1 atom stereocenters. The minimum absolute atomic E-state index is 0.00313. The molecule has 1 aromatic rings. The van der Waals surface area contributed by atoms with E-state index in [4.69, 9.17) is 9.26 Å². The molecule has 6 heteroatoms. The van der Waals surface area contributed by atoms with Gasteiger partial charge in [0.25, 0.3) is 0 Å². The van der Waals surface area contributed by atoms with Gasteiger partial charge in [0.1, 0.15) is 11.4 Å². The minimum Gasteiger partial charge on any atom is -0.481 e. The van der Waals surface area contributed by atoms with Gasteiger partial charge in [0.15, 0.2) is 0 Å². The van der Waals surface area contributed by atoms with E-state index >= 15 is 0 Å². The molecule has 1 unspecified atom stereocenters. The van der Waals surface area contributed by atoms with Crippen LogP contribution in [0.2, 0.25) is 0 Å². The summed E-state index contributed by atoms with van der Waals surface area (Å²) in [4.78, 5) is 23.8. The van der Waals surface area contributed by atoms with Gasteiger partial charge in [-0.2, -0.15) is 0 Å². The lowest BCUT2D eigenvalue weighted by Crippen LogP contribution is -2.26. The van der Waals surface area contributed by atoms with Crippen LogP contribution in [-0.4, -0.2) is 27.8 Å². The summed E-state index contributed by atoms with van der Waals surface area (Å²) in [6, 6.07) is 0. The van der Waals surface area contributed by atoms with Gasteiger partial charge in [-0.25, -0.2) is 0 Å². The third kappa shape index (κ3) is 6.81. The summed E-state index contributed by atoms with van der Waals surface area (Å²) >= 11 is 0. The molecule has 0 radical (unpaired) electrons. The van der Waals surface area contributed by atoms with Gasteiger partial charge in [-0.1, -0.05) is 25.9 Å². The molecule has 2 aliphatic carbocycles. The van der Waals surface area contributed by atoms with Crippen molar-refractivity contribution in [1.82, 2.24) is 5.16 Å². The molecule has 2 saturated carbocycles. The van der Waals surface area contributed by atoms with E-state index < -0.39 is 11.6 Å². The number of aromatic nitrogens is 1.